The summed E-state index contributed by atoms with van der Waals surface area (Å²) in [4.78, 5) is 0. The lowest BCUT2D eigenvalue weighted by atomic mass is 9.83. The molecule has 2 bridgehead atoms. The Kier molecular flexibility index (Phi) is 1.90. The second-order valence-corrected chi connectivity index (χ2v) is 3.85. The Morgan fingerprint density at radius 3 is 2.82 bits per heavy atom. The number of hydrogen-bond acceptors (Lipinski definition) is 2. The van der Waals surface area contributed by atoms with E-state index in [1.165, 1.54) is 19.3 Å². The van der Waals surface area contributed by atoms with Crippen LogP contribution in [0.2, 0.25) is 0 Å². The van der Waals surface area contributed by atoms with Gasteiger partial charge in [-0.1, -0.05) is 6.92 Å². The summed E-state index contributed by atoms with van der Waals surface area (Å²) < 4.78 is 5.73. The van der Waals surface area contributed by atoms with Crippen molar-refractivity contribution >= 4 is 0 Å². The second-order valence-electron chi connectivity index (χ2n) is 3.85. The van der Waals surface area contributed by atoms with Gasteiger partial charge in [0.2, 0.25) is 0 Å². The van der Waals surface area contributed by atoms with Crippen molar-refractivity contribution in [2.45, 2.75) is 50.9 Å². The highest BCUT2D eigenvalue weighted by Crippen LogP contribution is 2.40. The van der Waals surface area contributed by atoms with Gasteiger partial charge >= 0.3 is 0 Å². The van der Waals surface area contributed by atoms with Gasteiger partial charge in [0.25, 0.3) is 0 Å². The minimum atomic E-state index is 0.380. The first kappa shape index (κ1) is 7.56. The minimum Gasteiger partial charge on any atom is -0.375 e. The molecule has 2 heterocycles. The number of nitrogens with two attached hydrogens (primary N) is 1. The van der Waals surface area contributed by atoms with Crippen LogP contribution in [0.4, 0.5) is 0 Å². The molecule has 2 fully saturated rings. The molecule has 2 N–H and O–H groups in total. The van der Waals surface area contributed by atoms with Crippen LogP contribution in [0.5, 0.6) is 0 Å². The number of rotatable bonds is 2. The number of hydrogen-bond donors (Lipinski definition) is 1. The van der Waals surface area contributed by atoms with Crippen LogP contribution < -0.4 is 5.73 Å². The average molecular weight is 155 g/mol. The molecule has 2 heteroatoms. The molecule has 0 saturated carbocycles. The molecule has 2 nitrogen and oxygen atoms in total. The van der Waals surface area contributed by atoms with E-state index < -0.39 is 0 Å². The fourth-order valence-electron chi connectivity index (χ4n) is 2.43. The standard InChI is InChI=1S/C9H17NO/c1-2-8(10)7-5-6-3-4-9(7)11-6/h6-9H,2-5,10H2,1H3. The zero-order valence-corrected chi connectivity index (χ0v) is 7.12. The van der Waals surface area contributed by atoms with E-state index in [1.54, 1.807) is 0 Å². The predicted octanol–water partition coefficient (Wildman–Crippen LogP) is 1.29. The van der Waals surface area contributed by atoms with Gasteiger partial charge in [-0.05, 0) is 25.7 Å². The smallest absolute Gasteiger partial charge is 0.0623 e. The lowest BCUT2D eigenvalue weighted by molar-refractivity contribution is 0.0882. The van der Waals surface area contributed by atoms with Crippen LogP contribution in [0.3, 0.4) is 0 Å². The molecule has 0 amide bonds. The second kappa shape index (κ2) is 2.76. The Hall–Kier alpha value is -0.0800. The van der Waals surface area contributed by atoms with Crippen molar-refractivity contribution in [1.29, 1.82) is 0 Å². The Labute approximate surface area is 68.1 Å². The van der Waals surface area contributed by atoms with Gasteiger partial charge in [0.15, 0.2) is 0 Å². The van der Waals surface area contributed by atoms with Crippen LogP contribution in [0.15, 0.2) is 0 Å². The Morgan fingerprint density at radius 1 is 1.55 bits per heavy atom. The normalized spacial score (nSPS) is 44.7. The Balaban J connectivity index is 1.96. The molecule has 2 saturated heterocycles. The zero-order chi connectivity index (χ0) is 7.84. The summed E-state index contributed by atoms with van der Waals surface area (Å²) in [6.45, 7) is 2.16. The van der Waals surface area contributed by atoms with E-state index in [0.717, 1.165) is 6.42 Å². The first-order valence-electron chi connectivity index (χ1n) is 4.72. The molecule has 0 aliphatic carbocycles. The van der Waals surface area contributed by atoms with Gasteiger partial charge in [-0.3, -0.25) is 0 Å². The van der Waals surface area contributed by atoms with E-state index in [1.807, 2.05) is 0 Å². The summed E-state index contributed by atoms with van der Waals surface area (Å²) in [7, 11) is 0. The topological polar surface area (TPSA) is 35.2 Å². The third-order valence-corrected chi connectivity index (χ3v) is 3.17. The summed E-state index contributed by atoms with van der Waals surface area (Å²) >= 11 is 0. The molecular formula is C9H17NO. The average Bonchev–Trinajstić information content (AvgIpc) is 2.62. The maximum atomic E-state index is 5.98. The third kappa shape index (κ3) is 1.18. The van der Waals surface area contributed by atoms with E-state index in [0.29, 0.717) is 24.2 Å². The van der Waals surface area contributed by atoms with Gasteiger partial charge in [-0.25, -0.2) is 0 Å². The monoisotopic (exact) mass is 155 g/mol. The quantitative estimate of drug-likeness (QED) is 0.652. The lowest BCUT2D eigenvalue weighted by Crippen LogP contribution is -2.35. The maximum Gasteiger partial charge on any atom is 0.0623 e. The first-order valence-corrected chi connectivity index (χ1v) is 4.72. The molecule has 64 valence electrons. The molecule has 0 aromatic carbocycles. The molecule has 2 aliphatic heterocycles. The fraction of sp³-hybridized carbons (Fsp3) is 1.00. The highest BCUT2D eigenvalue weighted by molar-refractivity contribution is 4.93. The molecule has 0 aromatic rings. The molecule has 11 heavy (non-hydrogen) atoms. The summed E-state index contributed by atoms with van der Waals surface area (Å²) in [6, 6.07) is 0.380. The van der Waals surface area contributed by atoms with Gasteiger partial charge in [0.05, 0.1) is 12.2 Å². The first-order chi connectivity index (χ1) is 5.31. The summed E-state index contributed by atoms with van der Waals surface area (Å²) in [5.74, 6) is 0.666. The highest BCUT2D eigenvalue weighted by atomic mass is 16.5. The van der Waals surface area contributed by atoms with E-state index in [4.69, 9.17) is 10.5 Å². The molecule has 0 aromatic heterocycles. The van der Waals surface area contributed by atoms with Crippen molar-refractivity contribution in [2.24, 2.45) is 11.7 Å². The van der Waals surface area contributed by atoms with Crippen molar-refractivity contribution < 1.29 is 4.74 Å². The van der Waals surface area contributed by atoms with Crippen LogP contribution in [0, 0.1) is 5.92 Å². The lowest BCUT2D eigenvalue weighted by Gasteiger charge is -2.23. The fourth-order valence-corrected chi connectivity index (χ4v) is 2.43. The summed E-state index contributed by atoms with van der Waals surface area (Å²) in [6.07, 6.45) is 5.91. The summed E-state index contributed by atoms with van der Waals surface area (Å²) in [5, 5.41) is 0. The van der Waals surface area contributed by atoms with Crippen molar-refractivity contribution in [3.8, 4) is 0 Å². The van der Waals surface area contributed by atoms with Crippen molar-refractivity contribution in [1.82, 2.24) is 0 Å². The van der Waals surface area contributed by atoms with Crippen LogP contribution in [0.1, 0.15) is 32.6 Å². The Morgan fingerprint density at radius 2 is 2.36 bits per heavy atom. The Bertz CT molecular complexity index is 148. The SMILES string of the molecule is CCC(N)C1CC2CCC1O2. The van der Waals surface area contributed by atoms with Gasteiger partial charge in [-0.15, -0.1) is 0 Å². The predicted molar refractivity (Wildman–Crippen MR) is 44.3 cm³/mol. The van der Waals surface area contributed by atoms with Gasteiger partial charge in [0, 0.05) is 12.0 Å². The maximum absolute atomic E-state index is 5.98. The third-order valence-electron chi connectivity index (χ3n) is 3.17. The van der Waals surface area contributed by atoms with Crippen LogP contribution in [-0.2, 0) is 4.74 Å². The molecule has 2 rings (SSSR count). The van der Waals surface area contributed by atoms with Crippen molar-refractivity contribution in [3.63, 3.8) is 0 Å². The van der Waals surface area contributed by atoms with Gasteiger partial charge in [0.1, 0.15) is 0 Å². The zero-order valence-electron chi connectivity index (χ0n) is 7.12. The molecule has 0 spiro atoms. The van der Waals surface area contributed by atoms with E-state index >= 15 is 0 Å². The van der Waals surface area contributed by atoms with E-state index in [9.17, 15) is 0 Å². The van der Waals surface area contributed by atoms with Crippen LogP contribution >= 0.6 is 0 Å². The van der Waals surface area contributed by atoms with Gasteiger partial charge < -0.3 is 10.5 Å². The molecular weight excluding hydrogens is 138 g/mol. The van der Waals surface area contributed by atoms with E-state index in [2.05, 4.69) is 6.92 Å². The molecule has 4 unspecified atom stereocenters. The molecule has 0 radical (unpaired) electrons. The molecule has 4 atom stereocenters. The van der Waals surface area contributed by atoms with Crippen molar-refractivity contribution in [3.05, 3.63) is 0 Å². The van der Waals surface area contributed by atoms with Gasteiger partial charge in [-0.2, -0.15) is 0 Å². The van der Waals surface area contributed by atoms with E-state index in [-0.39, 0.29) is 0 Å². The largest absolute Gasteiger partial charge is 0.375 e. The number of ether oxygens (including phenoxy) is 1. The molecule has 2 aliphatic rings. The van der Waals surface area contributed by atoms with Crippen LogP contribution in [-0.4, -0.2) is 18.2 Å². The summed E-state index contributed by atoms with van der Waals surface area (Å²) in [5.41, 5.74) is 5.98. The minimum absolute atomic E-state index is 0.380. The number of fused-ring (bicyclic) bond motifs is 2. The highest BCUT2D eigenvalue weighted by Gasteiger charge is 2.42. The van der Waals surface area contributed by atoms with Crippen LogP contribution in [0.25, 0.3) is 0 Å². The van der Waals surface area contributed by atoms with Crippen molar-refractivity contribution in [2.75, 3.05) is 0 Å².